The minimum atomic E-state index is -4.46. The van der Waals surface area contributed by atoms with Gasteiger partial charge in [0.05, 0.1) is 0 Å². The van der Waals surface area contributed by atoms with E-state index in [0.29, 0.717) is 19.3 Å². The number of hydrogen-bond acceptors (Lipinski definition) is 3. The number of hydrogen-bond donors (Lipinski definition) is 0. The third-order valence-corrected chi connectivity index (χ3v) is 5.66. The Balaban J connectivity index is 4.19. The van der Waals surface area contributed by atoms with Gasteiger partial charge in [-0.05, 0) is 24.4 Å². The smallest absolute Gasteiger partial charge is 0.00248 e. The topological polar surface area (TPSA) is 63.2 Å². The summed E-state index contributed by atoms with van der Waals surface area (Å²) in [4.78, 5) is 22.6. The first-order valence-corrected chi connectivity index (χ1v) is 8.00. The van der Waals surface area contributed by atoms with E-state index in [1.165, 1.54) is 12.8 Å². The first-order chi connectivity index (χ1) is 7.43. The zero-order valence-electron chi connectivity index (χ0n) is 10.8. The first-order valence-electron chi connectivity index (χ1n) is 6.45. The quantitative estimate of drug-likeness (QED) is 0.465. The maximum absolute atomic E-state index is 11.3. The summed E-state index contributed by atoms with van der Waals surface area (Å²) >= 11 is 0. The highest BCUT2D eigenvalue weighted by molar-refractivity contribution is 7.50. The maximum Gasteiger partial charge on any atom is -0.00248 e. The van der Waals surface area contributed by atoms with E-state index in [9.17, 15) is 14.4 Å². The van der Waals surface area contributed by atoms with Crippen LogP contribution in [0.15, 0.2) is 0 Å². The van der Waals surface area contributed by atoms with E-state index in [4.69, 9.17) is 0 Å². The Morgan fingerprint density at radius 3 is 1.81 bits per heavy atom. The summed E-state index contributed by atoms with van der Waals surface area (Å²) in [6, 6.07) is 0. The van der Waals surface area contributed by atoms with Crippen LogP contribution in [0.5, 0.6) is 0 Å². The van der Waals surface area contributed by atoms with Crippen molar-refractivity contribution in [2.45, 2.75) is 77.3 Å². The van der Waals surface area contributed by atoms with Gasteiger partial charge < -0.3 is 14.4 Å². The van der Waals surface area contributed by atoms with Gasteiger partial charge >= 0.3 is 0 Å². The predicted molar refractivity (Wildman–Crippen MR) is 64.3 cm³/mol. The molecule has 0 aliphatic heterocycles. The molecule has 0 aromatic rings. The third kappa shape index (κ3) is 4.57. The van der Waals surface area contributed by atoms with Gasteiger partial charge in [-0.1, -0.05) is 60.5 Å². The van der Waals surface area contributed by atoms with Crippen LogP contribution in [-0.2, 0) is 4.57 Å². The Morgan fingerprint density at radius 2 is 1.44 bits per heavy atom. The second-order valence-electron chi connectivity index (χ2n) is 4.59. The van der Waals surface area contributed by atoms with Gasteiger partial charge in [0.15, 0.2) is 0 Å². The van der Waals surface area contributed by atoms with E-state index >= 15 is 0 Å². The molecule has 4 heteroatoms. The molecule has 0 amide bonds. The van der Waals surface area contributed by atoms with Crippen molar-refractivity contribution in [1.29, 1.82) is 0 Å². The van der Waals surface area contributed by atoms with E-state index in [1.807, 2.05) is 0 Å². The molecule has 0 unspecified atom stereocenters. The van der Waals surface area contributed by atoms with E-state index in [2.05, 4.69) is 6.92 Å². The van der Waals surface area contributed by atoms with Crippen molar-refractivity contribution < 1.29 is 14.4 Å². The highest BCUT2D eigenvalue weighted by Crippen LogP contribution is 2.50. The SMILES string of the molecule is CCCCCCCC(CC)(CC)P(=O)([O-])[O-]. The lowest BCUT2D eigenvalue weighted by Gasteiger charge is -2.49. The molecular formula is C12H25O3P-2. The van der Waals surface area contributed by atoms with Crippen molar-refractivity contribution in [2.24, 2.45) is 0 Å². The summed E-state index contributed by atoms with van der Waals surface area (Å²) in [5, 5.41) is -0.987. The minimum absolute atomic E-state index is 0.446. The lowest BCUT2D eigenvalue weighted by atomic mass is 9.94. The van der Waals surface area contributed by atoms with Crippen molar-refractivity contribution >= 4 is 7.60 Å². The Morgan fingerprint density at radius 1 is 0.938 bits per heavy atom. The molecule has 0 aromatic carbocycles. The Hall–Kier alpha value is 0.150. The summed E-state index contributed by atoms with van der Waals surface area (Å²) in [5.74, 6) is 0. The normalized spacial score (nSPS) is 13.1. The van der Waals surface area contributed by atoms with Crippen LogP contribution in [0.2, 0.25) is 0 Å². The van der Waals surface area contributed by atoms with Crippen LogP contribution >= 0.6 is 7.60 Å². The molecule has 0 atom stereocenters. The summed E-state index contributed by atoms with van der Waals surface area (Å²) in [6.07, 6.45) is 6.83. The van der Waals surface area contributed by atoms with Gasteiger partial charge in [0, 0.05) is 0 Å². The molecule has 0 spiro atoms. The molecule has 0 bridgehead atoms. The van der Waals surface area contributed by atoms with Gasteiger partial charge in [-0.25, -0.2) is 0 Å². The minimum Gasteiger partial charge on any atom is -0.810 e. The molecule has 0 radical (unpaired) electrons. The molecule has 16 heavy (non-hydrogen) atoms. The zero-order chi connectivity index (χ0) is 12.7. The third-order valence-electron chi connectivity index (χ3n) is 3.64. The first kappa shape index (κ1) is 16.1. The van der Waals surface area contributed by atoms with E-state index in [1.54, 1.807) is 13.8 Å². The van der Waals surface area contributed by atoms with Crippen LogP contribution in [0.3, 0.4) is 0 Å². The van der Waals surface area contributed by atoms with Crippen molar-refractivity contribution in [2.75, 3.05) is 0 Å². The Labute approximate surface area is 99.8 Å². The van der Waals surface area contributed by atoms with Crippen LogP contribution in [0.25, 0.3) is 0 Å². The largest absolute Gasteiger partial charge is 0.810 e. The van der Waals surface area contributed by atoms with Gasteiger partial charge in [0.2, 0.25) is 0 Å². The fourth-order valence-corrected chi connectivity index (χ4v) is 3.39. The standard InChI is InChI=1S/C12H27O3P/c1-4-7-8-9-10-11-12(5-2,6-3)16(13,14)15/h4-11H2,1-3H3,(H2,13,14,15)/p-2. The summed E-state index contributed by atoms with van der Waals surface area (Å²) < 4.78 is 11.3. The highest BCUT2D eigenvalue weighted by Gasteiger charge is 2.29. The molecule has 0 aromatic heterocycles. The monoisotopic (exact) mass is 248 g/mol. The average Bonchev–Trinajstić information content (AvgIpc) is 2.22. The second-order valence-corrected chi connectivity index (χ2v) is 6.54. The lowest BCUT2D eigenvalue weighted by Crippen LogP contribution is -2.38. The van der Waals surface area contributed by atoms with Gasteiger partial charge in [-0.2, -0.15) is 0 Å². The summed E-state index contributed by atoms with van der Waals surface area (Å²) in [5.41, 5.74) is 0. The fraction of sp³-hybridized carbons (Fsp3) is 1.00. The van der Waals surface area contributed by atoms with Gasteiger partial charge in [-0.3, -0.25) is 0 Å². The van der Waals surface area contributed by atoms with Crippen molar-refractivity contribution in [3.63, 3.8) is 0 Å². The maximum atomic E-state index is 11.3. The molecule has 0 saturated heterocycles. The highest BCUT2D eigenvalue weighted by atomic mass is 31.2. The molecular weight excluding hydrogens is 223 g/mol. The lowest BCUT2D eigenvalue weighted by molar-refractivity contribution is -0.321. The molecule has 0 fully saturated rings. The molecule has 98 valence electrons. The molecule has 3 nitrogen and oxygen atoms in total. The van der Waals surface area contributed by atoms with Gasteiger partial charge in [0.25, 0.3) is 0 Å². The average molecular weight is 248 g/mol. The van der Waals surface area contributed by atoms with Crippen molar-refractivity contribution in [1.82, 2.24) is 0 Å². The molecule has 0 aliphatic rings. The van der Waals surface area contributed by atoms with Gasteiger partial charge in [0.1, 0.15) is 0 Å². The van der Waals surface area contributed by atoms with Crippen LogP contribution in [0.4, 0.5) is 0 Å². The molecule has 0 heterocycles. The van der Waals surface area contributed by atoms with Gasteiger partial charge in [-0.15, -0.1) is 0 Å². The molecule has 0 aliphatic carbocycles. The molecule has 0 N–H and O–H groups in total. The van der Waals surface area contributed by atoms with Crippen LogP contribution in [-0.4, -0.2) is 5.16 Å². The molecule has 0 rings (SSSR count). The summed E-state index contributed by atoms with van der Waals surface area (Å²) in [6.45, 7) is 5.75. The second kappa shape index (κ2) is 7.47. The van der Waals surface area contributed by atoms with E-state index < -0.39 is 12.8 Å². The van der Waals surface area contributed by atoms with Crippen molar-refractivity contribution in [3.05, 3.63) is 0 Å². The fourth-order valence-electron chi connectivity index (χ4n) is 2.19. The Bertz CT molecular complexity index is 218. The van der Waals surface area contributed by atoms with E-state index in [0.717, 1.165) is 19.3 Å². The predicted octanol–water partition coefficient (Wildman–Crippen LogP) is 2.82. The van der Waals surface area contributed by atoms with Crippen molar-refractivity contribution in [3.8, 4) is 0 Å². The molecule has 0 saturated carbocycles. The van der Waals surface area contributed by atoms with Crippen LogP contribution < -0.4 is 9.79 Å². The zero-order valence-corrected chi connectivity index (χ0v) is 11.7. The van der Waals surface area contributed by atoms with E-state index in [-0.39, 0.29) is 0 Å². The van der Waals surface area contributed by atoms with Crippen LogP contribution in [0, 0.1) is 0 Å². The Kier molecular flexibility index (Phi) is 7.54. The number of unbranched alkanes of at least 4 members (excludes halogenated alkanes) is 4. The van der Waals surface area contributed by atoms with Crippen LogP contribution in [0.1, 0.15) is 72.1 Å². The summed E-state index contributed by atoms with van der Waals surface area (Å²) in [7, 11) is -4.46. The number of rotatable bonds is 9.